The van der Waals surface area contributed by atoms with Gasteiger partial charge in [-0.15, -0.1) is 13.2 Å². The number of anilines is 1. The van der Waals surface area contributed by atoms with Crippen molar-refractivity contribution < 1.29 is 27.4 Å². The molecule has 0 heterocycles. The molecule has 1 aliphatic rings. The maximum Gasteiger partial charge on any atom is 0.573 e. The van der Waals surface area contributed by atoms with Crippen molar-refractivity contribution in [3.8, 4) is 11.5 Å². The molecule has 190 valence electrons. The molecule has 1 fully saturated rings. The summed E-state index contributed by atoms with van der Waals surface area (Å²) in [6, 6.07) is 22.9. The first-order valence-electron chi connectivity index (χ1n) is 11.9. The molecular formula is C28H29F3N2O3. The molecule has 0 unspecified atom stereocenters. The number of rotatable bonds is 7. The fraction of sp³-hybridized carbons (Fsp3) is 0.321. The lowest BCUT2D eigenvalue weighted by Crippen LogP contribution is -2.44. The number of ether oxygens (including phenoxy) is 2. The third-order valence-electron chi connectivity index (χ3n) is 6.52. The first-order chi connectivity index (χ1) is 17.3. The predicted octanol–water partition coefficient (Wildman–Crippen LogP) is 7.35. The Morgan fingerprint density at radius 1 is 0.889 bits per heavy atom. The largest absolute Gasteiger partial charge is 0.573 e. The van der Waals surface area contributed by atoms with Gasteiger partial charge in [0, 0.05) is 18.3 Å². The number of alkyl halides is 3. The number of urea groups is 1. The van der Waals surface area contributed by atoms with E-state index >= 15 is 0 Å². The molecular weight excluding hydrogens is 469 g/mol. The smallest absolute Gasteiger partial charge is 0.497 e. The average Bonchev–Trinajstić information content (AvgIpc) is 2.88. The molecule has 0 saturated heterocycles. The van der Waals surface area contributed by atoms with Gasteiger partial charge in [-0.1, -0.05) is 42.5 Å². The Balaban J connectivity index is 1.46. The minimum absolute atomic E-state index is 0.0416. The van der Waals surface area contributed by atoms with Crippen molar-refractivity contribution >= 4 is 11.7 Å². The van der Waals surface area contributed by atoms with Crippen LogP contribution in [0, 0.1) is 0 Å². The number of carbonyl (C=O) groups excluding carboxylic acids is 1. The molecule has 0 radical (unpaired) electrons. The molecule has 8 heteroatoms. The van der Waals surface area contributed by atoms with E-state index in [4.69, 9.17) is 4.74 Å². The van der Waals surface area contributed by atoms with E-state index in [2.05, 4.69) is 34.3 Å². The highest BCUT2D eigenvalue weighted by molar-refractivity contribution is 5.89. The van der Waals surface area contributed by atoms with Crippen LogP contribution in [0.5, 0.6) is 11.5 Å². The van der Waals surface area contributed by atoms with E-state index in [1.807, 2.05) is 35.2 Å². The molecule has 0 spiro atoms. The molecule has 1 N–H and O–H groups in total. The highest BCUT2D eigenvalue weighted by Crippen LogP contribution is 2.35. The van der Waals surface area contributed by atoms with Crippen molar-refractivity contribution in [3.05, 3.63) is 90.0 Å². The third-order valence-corrected chi connectivity index (χ3v) is 6.52. The van der Waals surface area contributed by atoms with Gasteiger partial charge in [-0.25, -0.2) is 4.79 Å². The standard InChI is InChI=1S/C28H29F3N2O3/c1-35-25-15-7-20(8-16-25)19-33(24-13-9-22(10-14-24)21-5-3-2-4-6-21)27(34)32-23-11-17-26(18-12-23)36-28(29,30)31/h2-8,11-12,15-18,22,24H,9-10,13-14,19H2,1H3,(H,32,34). The number of hydrogen-bond acceptors (Lipinski definition) is 3. The minimum atomic E-state index is -4.77. The zero-order chi connectivity index (χ0) is 25.5. The number of nitrogens with zero attached hydrogens (tertiary/aromatic N) is 1. The van der Waals surface area contributed by atoms with Gasteiger partial charge in [0.05, 0.1) is 7.11 Å². The fourth-order valence-corrected chi connectivity index (χ4v) is 4.68. The van der Waals surface area contributed by atoms with Crippen molar-refractivity contribution in [2.45, 2.75) is 50.6 Å². The molecule has 4 rings (SSSR count). The summed E-state index contributed by atoms with van der Waals surface area (Å²) in [4.78, 5) is 15.2. The predicted molar refractivity (Wildman–Crippen MR) is 132 cm³/mol. The van der Waals surface area contributed by atoms with Crippen molar-refractivity contribution in [1.82, 2.24) is 4.90 Å². The normalized spacial score (nSPS) is 17.8. The summed E-state index contributed by atoms with van der Waals surface area (Å²) in [6.45, 7) is 0.408. The highest BCUT2D eigenvalue weighted by atomic mass is 19.4. The summed E-state index contributed by atoms with van der Waals surface area (Å²) in [5.74, 6) is 0.864. The molecule has 0 aromatic heterocycles. The van der Waals surface area contributed by atoms with Gasteiger partial charge in [0.25, 0.3) is 0 Å². The number of halogens is 3. The Hall–Kier alpha value is -3.68. The lowest BCUT2D eigenvalue weighted by molar-refractivity contribution is -0.274. The van der Waals surface area contributed by atoms with Crippen LogP contribution in [-0.4, -0.2) is 30.4 Å². The van der Waals surface area contributed by atoms with Gasteiger partial charge >= 0.3 is 12.4 Å². The van der Waals surface area contributed by atoms with Gasteiger partial charge in [0.15, 0.2) is 0 Å². The topological polar surface area (TPSA) is 50.8 Å². The second-order valence-corrected chi connectivity index (χ2v) is 8.89. The summed E-state index contributed by atoms with van der Waals surface area (Å²) < 4.78 is 46.5. The monoisotopic (exact) mass is 498 g/mol. The molecule has 5 nitrogen and oxygen atoms in total. The Labute approximate surface area is 208 Å². The molecule has 1 aliphatic carbocycles. The average molecular weight is 499 g/mol. The van der Waals surface area contributed by atoms with Gasteiger partial charge in [0.2, 0.25) is 0 Å². The molecule has 0 aliphatic heterocycles. The first-order valence-corrected chi connectivity index (χ1v) is 11.9. The van der Waals surface area contributed by atoms with E-state index in [-0.39, 0.29) is 17.8 Å². The Kier molecular flexibility index (Phi) is 8.03. The number of nitrogens with one attached hydrogen (secondary N) is 1. The second kappa shape index (κ2) is 11.4. The van der Waals surface area contributed by atoms with Gasteiger partial charge in [0.1, 0.15) is 11.5 Å². The van der Waals surface area contributed by atoms with E-state index in [0.717, 1.165) is 37.0 Å². The summed E-state index contributed by atoms with van der Waals surface area (Å²) in [5, 5.41) is 2.84. The summed E-state index contributed by atoms with van der Waals surface area (Å²) in [5.41, 5.74) is 2.68. The first kappa shape index (κ1) is 25.4. The number of hydrogen-bond donors (Lipinski definition) is 1. The number of benzene rings is 3. The van der Waals surface area contributed by atoms with E-state index in [1.165, 1.54) is 29.8 Å². The van der Waals surface area contributed by atoms with Crippen LogP contribution < -0.4 is 14.8 Å². The number of carbonyl (C=O) groups is 1. The van der Waals surface area contributed by atoms with Crippen LogP contribution in [0.1, 0.15) is 42.7 Å². The van der Waals surface area contributed by atoms with Gasteiger partial charge in [-0.05, 0) is 79.1 Å². The zero-order valence-corrected chi connectivity index (χ0v) is 20.0. The molecule has 3 aromatic carbocycles. The quantitative estimate of drug-likeness (QED) is 0.370. The lowest BCUT2D eigenvalue weighted by Gasteiger charge is -2.37. The van der Waals surface area contributed by atoms with Crippen LogP contribution in [0.15, 0.2) is 78.9 Å². The SMILES string of the molecule is COc1ccc(CN(C(=O)Nc2ccc(OC(F)(F)F)cc2)C2CCC(c3ccccc3)CC2)cc1. The molecule has 2 amide bonds. The number of amides is 2. The van der Waals surface area contributed by atoms with E-state index in [0.29, 0.717) is 18.2 Å². The van der Waals surface area contributed by atoms with Gasteiger partial charge < -0.3 is 19.7 Å². The van der Waals surface area contributed by atoms with Crippen LogP contribution in [-0.2, 0) is 6.54 Å². The molecule has 36 heavy (non-hydrogen) atoms. The van der Waals surface area contributed by atoms with Crippen molar-refractivity contribution in [2.75, 3.05) is 12.4 Å². The van der Waals surface area contributed by atoms with Crippen LogP contribution in [0.4, 0.5) is 23.7 Å². The lowest BCUT2D eigenvalue weighted by atomic mass is 9.81. The maximum absolute atomic E-state index is 13.4. The van der Waals surface area contributed by atoms with Crippen LogP contribution >= 0.6 is 0 Å². The second-order valence-electron chi connectivity index (χ2n) is 8.89. The molecule has 1 saturated carbocycles. The van der Waals surface area contributed by atoms with Crippen molar-refractivity contribution in [3.63, 3.8) is 0 Å². The Bertz CT molecular complexity index is 1110. The maximum atomic E-state index is 13.4. The van der Waals surface area contributed by atoms with Crippen LogP contribution in [0.3, 0.4) is 0 Å². The van der Waals surface area contributed by atoms with Crippen LogP contribution in [0.25, 0.3) is 0 Å². The van der Waals surface area contributed by atoms with Crippen molar-refractivity contribution in [2.24, 2.45) is 0 Å². The van der Waals surface area contributed by atoms with E-state index in [1.54, 1.807) is 7.11 Å². The molecule has 3 aromatic rings. The summed E-state index contributed by atoms with van der Waals surface area (Å²) >= 11 is 0. The highest BCUT2D eigenvalue weighted by Gasteiger charge is 2.31. The zero-order valence-electron chi connectivity index (χ0n) is 20.0. The summed E-state index contributed by atoms with van der Waals surface area (Å²) in [7, 11) is 1.60. The Morgan fingerprint density at radius 3 is 2.08 bits per heavy atom. The fourth-order valence-electron chi connectivity index (χ4n) is 4.68. The third kappa shape index (κ3) is 6.93. The minimum Gasteiger partial charge on any atom is -0.497 e. The van der Waals surface area contributed by atoms with Crippen molar-refractivity contribution in [1.29, 1.82) is 0 Å². The summed E-state index contributed by atoms with van der Waals surface area (Å²) in [6.07, 6.45) is -1.09. The Morgan fingerprint density at radius 2 is 1.50 bits per heavy atom. The van der Waals surface area contributed by atoms with Gasteiger partial charge in [-0.3, -0.25) is 0 Å². The molecule has 0 atom stereocenters. The van der Waals surface area contributed by atoms with Gasteiger partial charge in [-0.2, -0.15) is 0 Å². The number of methoxy groups -OCH3 is 1. The van der Waals surface area contributed by atoms with E-state index in [9.17, 15) is 18.0 Å². The van der Waals surface area contributed by atoms with E-state index < -0.39 is 6.36 Å². The van der Waals surface area contributed by atoms with Crippen LogP contribution in [0.2, 0.25) is 0 Å². The molecule has 0 bridgehead atoms.